The Hall–Kier alpha value is -3.38. The fraction of sp³-hybridized carbons (Fsp3) is 0.500. The van der Waals surface area contributed by atoms with Gasteiger partial charge in [-0.05, 0) is 67.7 Å². The van der Waals surface area contributed by atoms with Gasteiger partial charge in [0.2, 0.25) is 11.8 Å². The molecule has 14 heteroatoms. The number of rotatable bonds is 7. The maximum Gasteiger partial charge on any atom is 0.329 e. The molecule has 0 unspecified atom stereocenters. The first-order valence-corrected chi connectivity index (χ1v) is 17.8. The Bertz CT molecular complexity index is 1670. The van der Waals surface area contributed by atoms with Crippen molar-refractivity contribution in [3.05, 3.63) is 52.8 Å². The summed E-state index contributed by atoms with van der Waals surface area (Å²) in [6.45, 7) is 3.14. The number of likely N-dealkylation sites (tertiary alicyclic amines) is 1. The average molecular weight is 639 g/mol. The normalized spacial score (nSPS) is 24.1. The number of nitrogens with one attached hydrogen (secondary N) is 1. The van der Waals surface area contributed by atoms with E-state index in [-0.39, 0.29) is 35.8 Å². The maximum atomic E-state index is 13.9. The Kier molecular flexibility index (Phi) is 7.68. The lowest BCUT2D eigenvalue weighted by atomic mass is 9.91. The molecule has 232 valence electrons. The number of anilines is 1. The van der Waals surface area contributed by atoms with E-state index in [9.17, 15) is 28.7 Å². The van der Waals surface area contributed by atoms with Crippen LogP contribution in [0.3, 0.4) is 0 Å². The van der Waals surface area contributed by atoms with Gasteiger partial charge in [0.05, 0.1) is 11.0 Å². The van der Waals surface area contributed by atoms with E-state index in [1.807, 2.05) is 11.1 Å². The average Bonchev–Trinajstić information content (AvgIpc) is 3.51. The second-order valence-electron chi connectivity index (χ2n) is 12.3. The lowest BCUT2D eigenvalue weighted by molar-refractivity contribution is -0.148. The molecule has 1 aromatic carbocycles. The van der Waals surface area contributed by atoms with Crippen LogP contribution in [-0.4, -0.2) is 91.6 Å². The summed E-state index contributed by atoms with van der Waals surface area (Å²) in [6, 6.07) is 5.52. The summed E-state index contributed by atoms with van der Waals surface area (Å²) in [7, 11) is -4.21. The second kappa shape index (κ2) is 11.5. The van der Waals surface area contributed by atoms with Gasteiger partial charge in [0.15, 0.2) is 0 Å². The van der Waals surface area contributed by atoms with Gasteiger partial charge in [-0.3, -0.25) is 18.9 Å². The Morgan fingerprint density at radius 1 is 1.07 bits per heavy atom. The van der Waals surface area contributed by atoms with Gasteiger partial charge in [0.25, 0.3) is 5.91 Å². The minimum atomic E-state index is -4.21. The molecule has 4 aliphatic heterocycles. The highest BCUT2D eigenvalue weighted by molar-refractivity contribution is 7.50. The number of amides is 3. The van der Waals surface area contributed by atoms with Crippen molar-refractivity contribution in [2.45, 2.75) is 68.7 Å². The van der Waals surface area contributed by atoms with E-state index in [1.54, 1.807) is 35.5 Å². The molecule has 4 saturated heterocycles. The predicted molar refractivity (Wildman–Crippen MR) is 165 cm³/mol. The van der Waals surface area contributed by atoms with Crippen LogP contribution >= 0.6 is 18.9 Å². The molecule has 44 heavy (non-hydrogen) atoms. The summed E-state index contributed by atoms with van der Waals surface area (Å²) in [5.41, 5.74) is 1.57. The maximum absolute atomic E-state index is 13.9. The Labute approximate surface area is 258 Å². The lowest BCUT2D eigenvalue weighted by Crippen LogP contribution is -2.58. The van der Waals surface area contributed by atoms with E-state index in [1.165, 1.54) is 11.3 Å². The number of carbonyl (C=O) groups is 3. The zero-order valence-corrected chi connectivity index (χ0v) is 25.9. The van der Waals surface area contributed by atoms with Crippen molar-refractivity contribution in [2.75, 3.05) is 31.1 Å². The minimum absolute atomic E-state index is 0.00672. The molecule has 0 saturated carbocycles. The van der Waals surface area contributed by atoms with Crippen molar-refractivity contribution in [1.29, 1.82) is 0 Å². The molecule has 0 aliphatic carbocycles. The molecule has 3 atom stereocenters. The van der Waals surface area contributed by atoms with Crippen LogP contribution in [0, 0.1) is 0 Å². The molecule has 3 amide bonds. The number of hydrogen-bond acceptors (Lipinski definition) is 8. The summed E-state index contributed by atoms with van der Waals surface area (Å²) >= 11 is 1.27. The van der Waals surface area contributed by atoms with Crippen LogP contribution in [0.4, 0.5) is 5.82 Å². The summed E-state index contributed by atoms with van der Waals surface area (Å²) in [5, 5.41) is 3.65. The second-order valence-corrected chi connectivity index (χ2v) is 15.1. The van der Waals surface area contributed by atoms with Crippen LogP contribution in [0.15, 0.2) is 36.8 Å². The third-order valence-electron chi connectivity index (χ3n) is 9.38. The summed E-state index contributed by atoms with van der Waals surface area (Å²) in [4.78, 5) is 74.5. The number of hydrogen-bond donors (Lipinski definition) is 3. The fourth-order valence-electron chi connectivity index (χ4n) is 6.99. The van der Waals surface area contributed by atoms with Crippen molar-refractivity contribution in [1.82, 2.24) is 25.1 Å². The molecule has 6 heterocycles. The highest BCUT2D eigenvalue weighted by Gasteiger charge is 2.48. The molecule has 4 aliphatic rings. The smallest absolute Gasteiger partial charge is 0.329 e. The summed E-state index contributed by atoms with van der Waals surface area (Å²) in [5.74, 6) is 0.549. The number of nitrogens with zero attached hydrogens (tertiary/aromatic N) is 5. The van der Waals surface area contributed by atoms with E-state index in [0.717, 1.165) is 60.2 Å². The first-order valence-electron chi connectivity index (χ1n) is 15.2. The molecule has 3 aromatic rings. The number of benzene rings is 1. The zero-order valence-electron chi connectivity index (χ0n) is 24.2. The molecule has 12 nitrogen and oxygen atoms in total. The van der Waals surface area contributed by atoms with Gasteiger partial charge >= 0.3 is 7.60 Å². The van der Waals surface area contributed by atoms with Crippen molar-refractivity contribution >= 4 is 52.6 Å². The van der Waals surface area contributed by atoms with Crippen LogP contribution in [0.1, 0.15) is 65.2 Å². The van der Waals surface area contributed by atoms with Crippen LogP contribution in [0.25, 0.3) is 10.1 Å². The molecule has 2 aromatic heterocycles. The Morgan fingerprint density at radius 3 is 2.64 bits per heavy atom. The van der Waals surface area contributed by atoms with Crippen LogP contribution in [0.5, 0.6) is 0 Å². The van der Waals surface area contributed by atoms with Gasteiger partial charge in [0.1, 0.15) is 24.2 Å². The molecule has 0 radical (unpaired) electrons. The van der Waals surface area contributed by atoms with Crippen molar-refractivity contribution in [2.24, 2.45) is 0 Å². The standard InChI is InChI=1S/C30H35N6O6PS/c37-28(26-12-19-11-18(16-43(40,41)42)5-8-25(19)44-26)33-23-4-1-3-21-6-7-24(36(21)29(23)38)30(39)35-14-20(15-35)22-13-31-17-32-27(22)34-9-2-10-34/h5,8,11-13,17,20-21,23-24H,1-4,6-7,9-10,14-16H2,(H,33,37)(H2,40,41,42)/t21-,23-,24-/m0/s1. The number of aromatic nitrogens is 2. The minimum Gasteiger partial charge on any atom is -0.356 e. The first kappa shape index (κ1) is 29.3. The topological polar surface area (TPSA) is 156 Å². The summed E-state index contributed by atoms with van der Waals surface area (Å²) < 4.78 is 12.2. The SMILES string of the molecule is O=C(N[C@H]1CCC[C@H]2CC[C@@H](C(=O)N3CC(c4cncnc4N4CCC4)C3)N2C1=O)c1cc2cc(CP(=O)(O)O)ccc2s1. The quantitative estimate of drug-likeness (QED) is 0.331. The molecular weight excluding hydrogens is 603 g/mol. The van der Waals surface area contributed by atoms with Crippen LogP contribution in [0.2, 0.25) is 0 Å². The molecule has 0 bridgehead atoms. The van der Waals surface area contributed by atoms with E-state index in [2.05, 4.69) is 20.2 Å². The van der Waals surface area contributed by atoms with Gasteiger partial charge < -0.3 is 29.8 Å². The molecule has 3 N–H and O–H groups in total. The molecule has 0 spiro atoms. The van der Waals surface area contributed by atoms with Gasteiger partial charge in [-0.15, -0.1) is 11.3 Å². The van der Waals surface area contributed by atoms with Crippen molar-refractivity contribution in [3.8, 4) is 0 Å². The van der Waals surface area contributed by atoms with Crippen molar-refractivity contribution < 1.29 is 28.7 Å². The highest BCUT2D eigenvalue weighted by atomic mass is 32.1. The third-order valence-corrected chi connectivity index (χ3v) is 11.3. The first-order chi connectivity index (χ1) is 21.1. The van der Waals surface area contributed by atoms with Gasteiger partial charge in [-0.1, -0.05) is 6.07 Å². The zero-order chi connectivity index (χ0) is 30.6. The summed E-state index contributed by atoms with van der Waals surface area (Å²) in [6.07, 6.45) is 7.70. The Morgan fingerprint density at radius 2 is 1.89 bits per heavy atom. The molecule has 7 rings (SSSR count). The predicted octanol–water partition coefficient (Wildman–Crippen LogP) is 2.85. The monoisotopic (exact) mass is 638 g/mol. The fourth-order valence-corrected chi connectivity index (χ4v) is 8.61. The van der Waals surface area contributed by atoms with Gasteiger partial charge in [-0.25, -0.2) is 9.97 Å². The van der Waals surface area contributed by atoms with E-state index in [0.29, 0.717) is 36.4 Å². The van der Waals surface area contributed by atoms with Crippen LogP contribution < -0.4 is 10.2 Å². The molecule has 4 fully saturated rings. The van der Waals surface area contributed by atoms with E-state index in [4.69, 9.17) is 0 Å². The van der Waals surface area contributed by atoms with E-state index < -0.39 is 19.7 Å². The number of thiophene rings is 1. The number of carbonyl (C=O) groups excluding carboxylic acids is 3. The van der Waals surface area contributed by atoms with Crippen LogP contribution in [-0.2, 0) is 20.3 Å². The highest BCUT2D eigenvalue weighted by Crippen LogP contribution is 2.41. The largest absolute Gasteiger partial charge is 0.356 e. The van der Waals surface area contributed by atoms with Gasteiger partial charge in [-0.2, -0.15) is 0 Å². The number of fused-ring (bicyclic) bond motifs is 2. The van der Waals surface area contributed by atoms with Gasteiger partial charge in [0, 0.05) is 54.6 Å². The third kappa shape index (κ3) is 5.62. The van der Waals surface area contributed by atoms with E-state index >= 15 is 0 Å². The van der Waals surface area contributed by atoms with Crippen molar-refractivity contribution in [3.63, 3.8) is 0 Å². The lowest BCUT2D eigenvalue weighted by Gasteiger charge is -2.44. The molecular formula is C30H35N6O6PS. The Balaban J connectivity index is 1.02.